The lowest BCUT2D eigenvalue weighted by Gasteiger charge is -2.46. The quantitative estimate of drug-likeness (QED) is 0.759. The van der Waals surface area contributed by atoms with Crippen LogP contribution in [0.15, 0.2) is 0 Å². The average Bonchev–Trinajstić information content (AvgIpc) is 2.40. The zero-order chi connectivity index (χ0) is 16.2. The summed E-state index contributed by atoms with van der Waals surface area (Å²) in [4.78, 5) is 14.2. The molecule has 4 nitrogen and oxygen atoms in total. The van der Waals surface area contributed by atoms with Crippen molar-refractivity contribution in [1.29, 1.82) is 0 Å². The first-order chi connectivity index (χ1) is 9.71. The first-order valence-corrected chi connectivity index (χ1v) is 8.45. The molecule has 2 N–H and O–H groups in total. The average molecular weight is 298 g/mol. The Balaban J connectivity index is 2.76. The molecule has 0 radical (unpaired) electrons. The van der Waals surface area contributed by atoms with E-state index in [1.54, 1.807) is 0 Å². The Morgan fingerprint density at radius 1 is 1.43 bits per heavy atom. The molecule has 0 aliphatic carbocycles. The summed E-state index contributed by atoms with van der Waals surface area (Å²) in [7, 11) is 0. The molecule has 0 aromatic heterocycles. The SMILES string of the molecule is CCCNC(C)(CC(C)N1CC(C)CC(C)C1C)C(=O)O. The van der Waals surface area contributed by atoms with E-state index in [-0.39, 0.29) is 6.04 Å². The highest BCUT2D eigenvalue weighted by Gasteiger charge is 2.38. The van der Waals surface area contributed by atoms with Crippen LogP contribution in [0.2, 0.25) is 0 Å². The van der Waals surface area contributed by atoms with E-state index >= 15 is 0 Å². The van der Waals surface area contributed by atoms with Crippen LogP contribution < -0.4 is 5.32 Å². The molecule has 1 saturated heterocycles. The molecule has 4 heteroatoms. The van der Waals surface area contributed by atoms with Crippen molar-refractivity contribution in [3.8, 4) is 0 Å². The van der Waals surface area contributed by atoms with E-state index in [1.165, 1.54) is 6.42 Å². The maximum atomic E-state index is 11.7. The molecule has 0 amide bonds. The standard InChI is InChI=1S/C17H34N2O2/c1-7-8-18-17(6,16(20)21)10-14(4)19-11-12(2)9-13(3)15(19)5/h12-15,18H,7-11H2,1-6H3,(H,20,21). The number of carbonyl (C=O) groups is 1. The Morgan fingerprint density at radius 2 is 2.05 bits per heavy atom. The Kier molecular flexibility index (Phi) is 6.67. The molecular weight excluding hydrogens is 264 g/mol. The zero-order valence-electron chi connectivity index (χ0n) is 14.6. The van der Waals surface area contributed by atoms with Gasteiger partial charge in [-0.25, -0.2) is 0 Å². The third-order valence-electron chi connectivity index (χ3n) is 5.15. The number of piperidine rings is 1. The van der Waals surface area contributed by atoms with Gasteiger partial charge in [-0.15, -0.1) is 0 Å². The molecule has 1 fully saturated rings. The lowest BCUT2D eigenvalue weighted by molar-refractivity contribution is -0.145. The summed E-state index contributed by atoms with van der Waals surface area (Å²) in [6, 6.07) is 0.802. The molecule has 1 heterocycles. The number of aliphatic carboxylic acids is 1. The third-order valence-corrected chi connectivity index (χ3v) is 5.15. The Hall–Kier alpha value is -0.610. The Morgan fingerprint density at radius 3 is 2.57 bits per heavy atom. The monoisotopic (exact) mass is 298 g/mol. The van der Waals surface area contributed by atoms with Crippen molar-refractivity contribution in [2.24, 2.45) is 11.8 Å². The summed E-state index contributed by atoms with van der Waals surface area (Å²) < 4.78 is 0. The predicted octanol–water partition coefficient (Wildman–Crippen LogP) is 2.97. The van der Waals surface area contributed by atoms with Crippen LogP contribution in [0.3, 0.4) is 0 Å². The summed E-state index contributed by atoms with van der Waals surface area (Å²) in [5.74, 6) is 0.628. The molecule has 5 atom stereocenters. The van der Waals surface area contributed by atoms with Gasteiger partial charge in [0.05, 0.1) is 0 Å². The maximum absolute atomic E-state index is 11.7. The van der Waals surface area contributed by atoms with E-state index < -0.39 is 11.5 Å². The summed E-state index contributed by atoms with van der Waals surface area (Å²) in [6.07, 6.45) is 2.87. The van der Waals surface area contributed by atoms with Crippen molar-refractivity contribution in [2.45, 2.75) is 78.4 Å². The first-order valence-electron chi connectivity index (χ1n) is 8.45. The molecule has 5 unspecified atom stereocenters. The van der Waals surface area contributed by atoms with Gasteiger partial charge in [0, 0.05) is 18.6 Å². The number of nitrogens with one attached hydrogen (secondary N) is 1. The van der Waals surface area contributed by atoms with Crippen LogP contribution in [-0.4, -0.2) is 46.7 Å². The smallest absolute Gasteiger partial charge is 0.323 e. The number of likely N-dealkylation sites (tertiary alicyclic amines) is 1. The van der Waals surface area contributed by atoms with E-state index in [2.05, 4.69) is 44.8 Å². The predicted molar refractivity (Wildman–Crippen MR) is 87.5 cm³/mol. The molecular formula is C17H34N2O2. The summed E-state index contributed by atoms with van der Waals surface area (Å²) in [5.41, 5.74) is -0.834. The Bertz CT molecular complexity index is 348. The number of carboxylic acids is 1. The van der Waals surface area contributed by atoms with Crippen molar-refractivity contribution >= 4 is 5.97 Å². The largest absolute Gasteiger partial charge is 0.480 e. The molecule has 21 heavy (non-hydrogen) atoms. The molecule has 0 spiro atoms. The lowest BCUT2D eigenvalue weighted by atomic mass is 9.83. The molecule has 1 aliphatic rings. The lowest BCUT2D eigenvalue weighted by Crippen LogP contribution is -2.57. The van der Waals surface area contributed by atoms with E-state index in [9.17, 15) is 9.90 Å². The van der Waals surface area contributed by atoms with Crippen molar-refractivity contribution in [2.75, 3.05) is 13.1 Å². The van der Waals surface area contributed by atoms with Gasteiger partial charge in [0.15, 0.2) is 0 Å². The van der Waals surface area contributed by atoms with Gasteiger partial charge in [0.1, 0.15) is 5.54 Å². The topological polar surface area (TPSA) is 52.6 Å². The number of rotatable bonds is 7. The molecule has 0 bridgehead atoms. The van der Waals surface area contributed by atoms with Crippen LogP contribution in [0.25, 0.3) is 0 Å². The van der Waals surface area contributed by atoms with Gasteiger partial charge in [0.25, 0.3) is 0 Å². The zero-order valence-corrected chi connectivity index (χ0v) is 14.6. The highest BCUT2D eigenvalue weighted by molar-refractivity contribution is 5.78. The van der Waals surface area contributed by atoms with Crippen LogP contribution in [0.4, 0.5) is 0 Å². The number of hydrogen-bond donors (Lipinski definition) is 2. The molecule has 1 aliphatic heterocycles. The van der Waals surface area contributed by atoms with E-state index in [0.29, 0.717) is 24.3 Å². The fraction of sp³-hybridized carbons (Fsp3) is 0.941. The highest BCUT2D eigenvalue weighted by Crippen LogP contribution is 2.30. The van der Waals surface area contributed by atoms with Gasteiger partial charge in [-0.3, -0.25) is 9.69 Å². The van der Waals surface area contributed by atoms with E-state index in [4.69, 9.17) is 0 Å². The summed E-state index contributed by atoms with van der Waals surface area (Å²) in [6.45, 7) is 14.8. The minimum atomic E-state index is -0.834. The number of nitrogens with zero attached hydrogens (tertiary/aromatic N) is 1. The van der Waals surface area contributed by atoms with Crippen LogP contribution in [-0.2, 0) is 4.79 Å². The summed E-state index contributed by atoms with van der Waals surface area (Å²) >= 11 is 0. The van der Waals surface area contributed by atoms with Crippen molar-refractivity contribution in [3.05, 3.63) is 0 Å². The van der Waals surface area contributed by atoms with Crippen LogP contribution >= 0.6 is 0 Å². The first kappa shape index (κ1) is 18.4. The normalized spacial score (nSPS) is 31.6. The molecule has 0 aromatic carbocycles. The second-order valence-electron chi connectivity index (χ2n) is 7.37. The fourth-order valence-electron chi connectivity index (χ4n) is 3.68. The van der Waals surface area contributed by atoms with Crippen LogP contribution in [0, 0.1) is 11.8 Å². The molecule has 1 rings (SSSR count). The van der Waals surface area contributed by atoms with Crippen LogP contribution in [0.1, 0.15) is 60.8 Å². The second kappa shape index (κ2) is 7.59. The highest BCUT2D eigenvalue weighted by atomic mass is 16.4. The van der Waals surface area contributed by atoms with Gasteiger partial charge < -0.3 is 10.4 Å². The van der Waals surface area contributed by atoms with Gasteiger partial charge in [-0.2, -0.15) is 0 Å². The van der Waals surface area contributed by atoms with Gasteiger partial charge in [-0.05, 0) is 58.4 Å². The fourth-order valence-corrected chi connectivity index (χ4v) is 3.68. The number of hydrogen-bond acceptors (Lipinski definition) is 3. The maximum Gasteiger partial charge on any atom is 0.323 e. The number of carboxylic acid groups (broad SMARTS) is 1. The van der Waals surface area contributed by atoms with E-state index in [0.717, 1.165) is 19.5 Å². The van der Waals surface area contributed by atoms with Gasteiger partial charge in [-0.1, -0.05) is 20.8 Å². The van der Waals surface area contributed by atoms with E-state index in [1.807, 2.05) is 6.92 Å². The van der Waals surface area contributed by atoms with Crippen molar-refractivity contribution < 1.29 is 9.90 Å². The second-order valence-corrected chi connectivity index (χ2v) is 7.37. The van der Waals surface area contributed by atoms with Crippen molar-refractivity contribution in [1.82, 2.24) is 10.2 Å². The third kappa shape index (κ3) is 4.68. The molecule has 124 valence electrons. The summed E-state index contributed by atoms with van der Waals surface area (Å²) in [5, 5.41) is 12.8. The van der Waals surface area contributed by atoms with Crippen LogP contribution in [0.5, 0.6) is 0 Å². The molecule has 0 saturated carbocycles. The Labute approximate surface area is 130 Å². The molecule has 0 aromatic rings. The minimum Gasteiger partial charge on any atom is -0.480 e. The minimum absolute atomic E-state index is 0.274. The van der Waals surface area contributed by atoms with Crippen molar-refractivity contribution in [3.63, 3.8) is 0 Å². The van der Waals surface area contributed by atoms with Gasteiger partial charge >= 0.3 is 5.97 Å². The van der Waals surface area contributed by atoms with Gasteiger partial charge in [0.2, 0.25) is 0 Å².